The number of hydrogen-bond acceptors (Lipinski definition) is 7. The van der Waals surface area contributed by atoms with E-state index in [2.05, 4.69) is 18.0 Å². The number of carbonyl (C=O) groups excluding carboxylic acids is 2. The molecule has 5 rings (SSSR count). The number of aryl methyl sites for hydroxylation is 1. The normalized spacial score (nSPS) is 16.2. The molecule has 1 aromatic heterocycles. The Bertz CT molecular complexity index is 1530. The molecule has 1 saturated heterocycles. The third-order valence-electron chi connectivity index (χ3n) is 6.90. The first-order valence-corrected chi connectivity index (χ1v) is 14.6. The second-order valence-corrected chi connectivity index (χ2v) is 10.8. The van der Waals surface area contributed by atoms with Gasteiger partial charge in [-0.3, -0.25) is 14.5 Å². The second kappa shape index (κ2) is 12.8. The summed E-state index contributed by atoms with van der Waals surface area (Å²) in [6.45, 7) is 5.20. The predicted molar refractivity (Wildman–Crippen MR) is 160 cm³/mol. The molecule has 1 N–H and O–H groups in total. The van der Waals surface area contributed by atoms with Gasteiger partial charge in [0.2, 0.25) is 0 Å². The van der Waals surface area contributed by atoms with Gasteiger partial charge in [-0.15, -0.1) is 11.3 Å². The Hall–Kier alpha value is -4.43. The number of ketones is 1. The number of benzene rings is 3. The van der Waals surface area contributed by atoms with E-state index in [0.29, 0.717) is 41.0 Å². The molecule has 8 heteroatoms. The van der Waals surface area contributed by atoms with Crippen LogP contribution in [-0.4, -0.2) is 28.4 Å². The van der Waals surface area contributed by atoms with Gasteiger partial charge in [0.05, 0.1) is 18.2 Å². The number of aromatic nitrogens is 1. The van der Waals surface area contributed by atoms with Crippen LogP contribution >= 0.6 is 11.3 Å². The monoisotopic (exact) mass is 568 g/mol. The lowest BCUT2D eigenvalue weighted by atomic mass is 9.95. The van der Waals surface area contributed by atoms with Gasteiger partial charge in [-0.2, -0.15) is 0 Å². The first-order valence-electron chi connectivity index (χ1n) is 13.7. The minimum absolute atomic E-state index is 0.00948. The summed E-state index contributed by atoms with van der Waals surface area (Å²) in [7, 11) is 0. The Morgan fingerprint density at radius 2 is 1.71 bits per heavy atom. The van der Waals surface area contributed by atoms with Crippen molar-refractivity contribution < 1.29 is 24.2 Å². The average Bonchev–Trinajstić information content (AvgIpc) is 3.61. The molecule has 2 heterocycles. The molecule has 7 nitrogen and oxygen atoms in total. The molecule has 1 atom stereocenters. The summed E-state index contributed by atoms with van der Waals surface area (Å²) in [5, 5.41) is 13.5. The SMILES string of the molecule is CCCCCOc1ccc(C2C(=C(O)c3ccc(OCc4cccc(C)c4)cc3)C(=O)C(=O)N2c2nccs2)cc1. The number of thiazole rings is 1. The molecule has 0 aliphatic carbocycles. The maximum atomic E-state index is 13.4. The molecule has 0 saturated carbocycles. The van der Waals surface area contributed by atoms with Crippen molar-refractivity contribution in [3.05, 3.63) is 112 Å². The summed E-state index contributed by atoms with van der Waals surface area (Å²) in [4.78, 5) is 32.3. The van der Waals surface area contributed by atoms with E-state index in [4.69, 9.17) is 9.47 Å². The Labute approximate surface area is 243 Å². The number of anilines is 1. The van der Waals surface area contributed by atoms with Crippen LogP contribution in [0.25, 0.3) is 5.76 Å². The minimum atomic E-state index is -0.840. The highest BCUT2D eigenvalue weighted by Gasteiger charge is 2.48. The van der Waals surface area contributed by atoms with Crippen LogP contribution in [0.5, 0.6) is 11.5 Å². The van der Waals surface area contributed by atoms with Crippen molar-refractivity contribution in [2.75, 3.05) is 11.5 Å². The lowest BCUT2D eigenvalue weighted by Gasteiger charge is -2.23. The average molecular weight is 569 g/mol. The van der Waals surface area contributed by atoms with Gasteiger partial charge >= 0.3 is 5.91 Å². The quantitative estimate of drug-likeness (QED) is 0.0889. The van der Waals surface area contributed by atoms with Gasteiger partial charge in [0, 0.05) is 17.1 Å². The third-order valence-corrected chi connectivity index (χ3v) is 7.67. The van der Waals surface area contributed by atoms with Crippen LogP contribution < -0.4 is 14.4 Å². The van der Waals surface area contributed by atoms with E-state index < -0.39 is 17.7 Å². The van der Waals surface area contributed by atoms with Gasteiger partial charge in [0.1, 0.15) is 23.9 Å². The van der Waals surface area contributed by atoms with Crippen molar-refractivity contribution >= 4 is 33.9 Å². The fourth-order valence-corrected chi connectivity index (χ4v) is 5.47. The summed E-state index contributed by atoms with van der Waals surface area (Å²) in [5.74, 6) is -0.418. The number of unbranched alkanes of at least 4 members (excludes halogenated alkanes) is 2. The number of Topliss-reactive ketones (excluding diaryl/α,β-unsaturated/α-hetero) is 1. The van der Waals surface area contributed by atoms with Crippen molar-refractivity contribution in [1.29, 1.82) is 0 Å². The summed E-state index contributed by atoms with van der Waals surface area (Å²) in [6.07, 6.45) is 4.76. The third kappa shape index (κ3) is 6.33. The second-order valence-electron chi connectivity index (χ2n) is 9.91. The first kappa shape index (κ1) is 28.1. The fourth-order valence-electron chi connectivity index (χ4n) is 4.80. The predicted octanol–water partition coefficient (Wildman–Crippen LogP) is 7.23. The summed E-state index contributed by atoms with van der Waals surface area (Å²) < 4.78 is 11.8. The van der Waals surface area contributed by atoms with Gasteiger partial charge < -0.3 is 14.6 Å². The highest BCUT2D eigenvalue weighted by Crippen LogP contribution is 2.43. The van der Waals surface area contributed by atoms with Crippen LogP contribution in [-0.2, 0) is 16.2 Å². The maximum Gasteiger partial charge on any atom is 0.301 e. The van der Waals surface area contributed by atoms with Crippen LogP contribution in [0.2, 0.25) is 0 Å². The number of aliphatic hydroxyl groups is 1. The van der Waals surface area contributed by atoms with Crippen LogP contribution in [0.15, 0.2) is 89.9 Å². The molecule has 1 unspecified atom stereocenters. The first-order chi connectivity index (χ1) is 20.0. The van der Waals surface area contributed by atoms with Crippen LogP contribution in [0.1, 0.15) is 54.5 Å². The number of aliphatic hydroxyl groups excluding tert-OH is 1. The van der Waals surface area contributed by atoms with Crippen molar-refractivity contribution in [2.24, 2.45) is 0 Å². The zero-order valence-corrected chi connectivity index (χ0v) is 23.9. The van der Waals surface area contributed by atoms with Gasteiger partial charge in [-0.1, -0.05) is 61.7 Å². The highest BCUT2D eigenvalue weighted by atomic mass is 32.1. The topological polar surface area (TPSA) is 89.0 Å². The molecule has 41 heavy (non-hydrogen) atoms. The van der Waals surface area contributed by atoms with Gasteiger partial charge in [0.15, 0.2) is 5.13 Å². The molecule has 3 aromatic carbocycles. The molecule has 210 valence electrons. The van der Waals surface area contributed by atoms with E-state index in [0.717, 1.165) is 30.4 Å². The molecule has 0 spiro atoms. The summed E-state index contributed by atoms with van der Waals surface area (Å²) in [5.41, 5.74) is 3.29. The minimum Gasteiger partial charge on any atom is -0.507 e. The number of carbonyl (C=O) groups is 2. The molecule has 4 aromatic rings. The van der Waals surface area contributed by atoms with Crippen molar-refractivity contribution in [1.82, 2.24) is 4.98 Å². The summed E-state index contributed by atoms with van der Waals surface area (Å²) >= 11 is 1.26. The lowest BCUT2D eigenvalue weighted by Crippen LogP contribution is -2.29. The number of nitrogens with zero attached hydrogens (tertiary/aromatic N) is 2. The number of hydrogen-bond donors (Lipinski definition) is 1. The Balaban J connectivity index is 1.43. The van der Waals surface area contributed by atoms with E-state index in [1.807, 2.05) is 49.4 Å². The summed E-state index contributed by atoms with van der Waals surface area (Å²) in [6, 6.07) is 21.4. The Kier molecular flexibility index (Phi) is 8.79. The maximum absolute atomic E-state index is 13.4. The van der Waals surface area contributed by atoms with E-state index in [9.17, 15) is 14.7 Å². The van der Waals surface area contributed by atoms with Crippen LogP contribution in [0.3, 0.4) is 0 Å². The number of ether oxygens (including phenoxy) is 2. The molecular formula is C33H32N2O5S. The molecule has 1 aliphatic rings. The molecule has 0 bridgehead atoms. The zero-order valence-electron chi connectivity index (χ0n) is 23.1. The smallest absolute Gasteiger partial charge is 0.301 e. The van der Waals surface area contributed by atoms with Crippen molar-refractivity contribution in [3.8, 4) is 11.5 Å². The Morgan fingerprint density at radius 1 is 0.976 bits per heavy atom. The highest BCUT2D eigenvalue weighted by molar-refractivity contribution is 7.14. The van der Waals surface area contributed by atoms with Crippen LogP contribution in [0, 0.1) is 6.92 Å². The molecule has 1 amide bonds. The number of amides is 1. The molecule has 1 fully saturated rings. The van der Waals surface area contributed by atoms with E-state index in [1.165, 1.54) is 16.2 Å². The molecule has 0 radical (unpaired) electrons. The van der Waals surface area contributed by atoms with Gasteiger partial charge in [-0.25, -0.2) is 4.98 Å². The largest absolute Gasteiger partial charge is 0.507 e. The zero-order chi connectivity index (χ0) is 28.8. The van der Waals surface area contributed by atoms with E-state index in [-0.39, 0.29) is 11.3 Å². The van der Waals surface area contributed by atoms with E-state index in [1.54, 1.807) is 35.8 Å². The number of rotatable bonds is 11. The van der Waals surface area contributed by atoms with E-state index >= 15 is 0 Å². The Morgan fingerprint density at radius 3 is 2.39 bits per heavy atom. The lowest BCUT2D eigenvalue weighted by molar-refractivity contribution is -0.132. The standard InChI is InChI=1S/C33H32N2O5S/c1-3-4-5-18-39-26-13-9-24(10-14-26)29-28(31(37)32(38)35(29)33-34-17-19-41-33)30(36)25-11-15-27(16-12-25)40-21-23-8-6-7-22(2)20-23/h6-17,19-20,29,36H,3-5,18,21H2,1-2H3. The van der Waals surface area contributed by atoms with Gasteiger partial charge in [0.25, 0.3) is 5.78 Å². The van der Waals surface area contributed by atoms with Crippen molar-refractivity contribution in [3.63, 3.8) is 0 Å². The molecule has 1 aliphatic heterocycles. The van der Waals surface area contributed by atoms with Crippen molar-refractivity contribution in [2.45, 2.75) is 45.8 Å². The fraction of sp³-hybridized carbons (Fsp3) is 0.242. The molecular weight excluding hydrogens is 536 g/mol. The van der Waals surface area contributed by atoms with Crippen LogP contribution in [0.4, 0.5) is 5.13 Å². The van der Waals surface area contributed by atoms with Gasteiger partial charge in [-0.05, 0) is 60.9 Å².